The summed E-state index contributed by atoms with van der Waals surface area (Å²) in [7, 11) is 0. The van der Waals surface area contributed by atoms with Crippen LogP contribution in [0.5, 0.6) is 0 Å². The summed E-state index contributed by atoms with van der Waals surface area (Å²) in [4.78, 5) is 70.8. The van der Waals surface area contributed by atoms with Crippen LogP contribution in [0.1, 0.15) is 51.4 Å². The van der Waals surface area contributed by atoms with Gasteiger partial charge < -0.3 is 31.3 Å². The number of carbonyl (C=O) groups excluding carboxylic acids is 4. The van der Waals surface area contributed by atoms with Gasteiger partial charge in [-0.15, -0.1) is 0 Å². The second-order valence-electron chi connectivity index (χ2n) is 10.6. The molecule has 4 bridgehead atoms. The van der Waals surface area contributed by atoms with Gasteiger partial charge in [0.05, 0.1) is 12.4 Å². The van der Waals surface area contributed by atoms with Crippen molar-refractivity contribution in [1.29, 1.82) is 0 Å². The lowest BCUT2D eigenvalue weighted by atomic mass is 9.50. The third kappa shape index (κ3) is 8.42. The molecule has 2 amide bonds. The first-order valence-electron chi connectivity index (χ1n) is 12.5. The Hall–Kier alpha value is -2.67. The van der Waals surface area contributed by atoms with Gasteiger partial charge in [0, 0.05) is 17.6 Å². The van der Waals surface area contributed by atoms with E-state index in [0.717, 1.165) is 31.0 Å². The minimum atomic E-state index is -1.28. The number of ether oxygens (including phenoxy) is 1. The topological polar surface area (TPSA) is 202 Å². The number of amides is 2. The average Bonchev–Trinajstić information content (AvgIpc) is 2.82. The molecule has 4 saturated carbocycles. The second-order valence-corrected chi connectivity index (χ2v) is 11.7. The van der Waals surface area contributed by atoms with Gasteiger partial charge in [0.15, 0.2) is 0 Å². The molecular weight excluding hydrogens is 506 g/mol. The SMILES string of the molecule is NC(CCC(=O)NC(CSCC(=O)C(=O)OCC12CC3CC(CC(C3)C1)C2)C(=O)NCC(=O)O)C(=O)O. The van der Waals surface area contributed by atoms with E-state index in [1.54, 1.807) is 0 Å². The number of thioether (sulfide) groups is 1. The monoisotopic (exact) mass is 541 g/mol. The number of nitrogens with one attached hydrogen (secondary N) is 2. The van der Waals surface area contributed by atoms with Crippen LogP contribution in [-0.2, 0) is 33.5 Å². The predicted octanol–water partition coefficient (Wildman–Crippen LogP) is -0.0740. The quantitative estimate of drug-likeness (QED) is 0.137. The molecule has 6 N–H and O–H groups in total. The lowest BCUT2D eigenvalue weighted by Crippen LogP contribution is -2.49. The summed E-state index contributed by atoms with van der Waals surface area (Å²) in [5.74, 6) is -3.99. The Morgan fingerprint density at radius 1 is 1.00 bits per heavy atom. The van der Waals surface area contributed by atoms with Gasteiger partial charge in [0.25, 0.3) is 0 Å². The highest BCUT2D eigenvalue weighted by Crippen LogP contribution is 2.60. The zero-order chi connectivity index (χ0) is 27.2. The van der Waals surface area contributed by atoms with Crippen molar-refractivity contribution >= 4 is 47.3 Å². The maximum atomic E-state index is 12.4. The van der Waals surface area contributed by atoms with E-state index in [-0.39, 0.29) is 36.4 Å². The largest absolute Gasteiger partial charge is 0.480 e. The highest BCUT2D eigenvalue weighted by atomic mass is 32.2. The lowest BCUT2D eigenvalue weighted by Gasteiger charge is -2.56. The van der Waals surface area contributed by atoms with E-state index in [1.165, 1.54) is 19.3 Å². The van der Waals surface area contributed by atoms with Gasteiger partial charge in [-0.2, -0.15) is 11.8 Å². The van der Waals surface area contributed by atoms with Crippen molar-refractivity contribution in [2.24, 2.45) is 28.9 Å². The van der Waals surface area contributed by atoms with Gasteiger partial charge >= 0.3 is 17.9 Å². The number of rotatable bonds is 15. The number of nitrogens with two attached hydrogens (primary N) is 1. The predicted molar refractivity (Wildman–Crippen MR) is 131 cm³/mol. The Morgan fingerprint density at radius 3 is 2.14 bits per heavy atom. The molecule has 0 spiro atoms. The van der Waals surface area contributed by atoms with Crippen LogP contribution in [0, 0.1) is 23.2 Å². The first-order valence-corrected chi connectivity index (χ1v) is 13.7. The van der Waals surface area contributed by atoms with E-state index >= 15 is 0 Å². The Balaban J connectivity index is 1.44. The highest BCUT2D eigenvalue weighted by molar-refractivity contribution is 8.00. The molecule has 0 heterocycles. The van der Waals surface area contributed by atoms with Gasteiger partial charge in [-0.1, -0.05) is 0 Å². The number of ketones is 1. The van der Waals surface area contributed by atoms with Gasteiger partial charge in [0.1, 0.15) is 18.6 Å². The first kappa shape index (κ1) is 28.9. The number of hydrogen-bond acceptors (Lipinski definition) is 9. The van der Waals surface area contributed by atoms with Crippen molar-refractivity contribution < 1.29 is 43.7 Å². The maximum absolute atomic E-state index is 12.4. The van der Waals surface area contributed by atoms with Crippen LogP contribution in [0.25, 0.3) is 0 Å². The zero-order valence-corrected chi connectivity index (χ0v) is 21.4. The van der Waals surface area contributed by atoms with Crippen molar-refractivity contribution in [3.05, 3.63) is 0 Å². The summed E-state index contributed by atoms with van der Waals surface area (Å²) < 4.78 is 5.42. The van der Waals surface area contributed by atoms with Gasteiger partial charge in [-0.25, -0.2) is 4.79 Å². The van der Waals surface area contributed by atoms with Crippen LogP contribution in [0.3, 0.4) is 0 Å². The maximum Gasteiger partial charge on any atom is 0.375 e. The number of Topliss-reactive ketones (excluding diaryl/α,β-unsaturated/α-hetero) is 1. The summed E-state index contributed by atoms with van der Waals surface area (Å²) in [5, 5.41) is 22.1. The third-order valence-electron chi connectivity index (χ3n) is 7.49. The fraction of sp³-hybridized carbons (Fsp3) is 0.750. The fourth-order valence-electron chi connectivity index (χ4n) is 6.24. The standard InChI is InChI=1S/C24H35N3O9S/c25-16(22(33)34)1-2-19(29)27-17(21(32)26-9-20(30)31)10-37-11-18(28)23(35)36-12-24-6-13-3-14(7-24)5-15(4-13)8-24/h13-17H,1-12,25H2,(H,26,32)(H,27,29)(H,30,31)(H,33,34). The number of aliphatic carboxylic acids is 2. The van der Waals surface area contributed by atoms with Crippen LogP contribution in [0.15, 0.2) is 0 Å². The van der Waals surface area contributed by atoms with Crippen molar-refractivity contribution in [3.8, 4) is 0 Å². The van der Waals surface area contributed by atoms with Crippen LogP contribution in [0.2, 0.25) is 0 Å². The average molecular weight is 542 g/mol. The van der Waals surface area contributed by atoms with Crippen molar-refractivity contribution in [3.63, 3.8) is 0 Å². The Kier molecular flexibility index (Phi) is 9.93. The first-order chi connectivity index (χ1) is 17.5. The molecule has 4 rings (SSSR count). The summed E-state index contributed by atoms with van der Waals surface area (Å²) in [5.41, 5.74) is 5.36. The van der Waals surface area contributed by atoms with Gasteiger partial charge in [-0.05, 0) is 62.7 Å². The molecule has 4 aliphatic rings. The smallest absolute Gasteiger partial charge is 0.375 e. The fourth-order valence-corrected chi connectivity index (χ4v) is 7.13. The van der Waals surface area contributed by atoms with E-state index < -0.39 is 54.1 Å². The Bertz CT molecular complexity index is 890. The number of carboxylic acid groups (broad SMARTS) is 2. The van der Waals surface area contributed by atoms with Crippen LogP contribution < -0.4 is 16.4 Å². The summed E-state index contributed by atoms with van der Waals surface area (Å²) >= 11 is 0.925. The Morgan fingerprint density at radius 2 is 1.59 bits per heavy atom. The number of esters is 1. The molecule has 2 unspecified atom stereocenters. The molecule has 4 aliphatic carbocycles. The number of hydrogen-bond donors (Lipinski definition) is 5. The van der Waals surface area contributed by atoms with Crippen molar-refractivity contribution in [2.75, 3.05) is 24.7 Å². The normalized spacial score (nSPS) is 27.1. The minimum Gasteiger partial charge on any atom is -0.480 e. The molecule has 13 heteroatoms. The second kappa shape index (κ2) is 12.7. The molecule has 0 aromatic heterocycles. The highest BCUT2D eigenvalue weighted by Gasteiger charge is 2.51. The molecule has 0 saturated heterocycles. The van der Waals surface area contributed by atoms with Gasteiger partial charge in [-0.3, -0.25) is 24.0 Å². The van der Waals surface area contributed by atoms with E-state index in [9.17, 15) is 28.8 Å². The number of carbonyl (C=O) groups is 6. The molecule has 0 aliphatic heterocycles. The minimum absolute atomic E-state index is 0.0153. The third-order valence-corrected chi connectivity index (χ3v) is 8.52. The van der Waals surface area contributed by atoms with Crippen LogP contribution in [-0.4, -0.2) is 82.5 Å². The van der Waals surface area contributed by atoms with E-state index in [4.69, 9.17) is 20.7 Å². The summed E-state index contributed by atoms with van der Waals surface area (Å²) in [6.45, 7) is -0.421. The molecule has 12 nitrogen and oxygen atoms in total. The zero-order valence-electron chi connectivity index (χ0n) is 20.6. The Labute approximate surface area is 218 Å². The molecule has 37 heavy (non-hydrogen) atoms. The molecular formula is C24H35N3O9S. The molecule has 0 aromatic carbocycles. The van der Waals surface area contributed by atoms with Crippen molar-refractivity contribution in [1.82, 2.24) is 10.6 Å². The van der Waals surface area contributed by atoms with E-state index in [2.05, 4.69) is 10.6 Å². The summed E-state index contributed by atoms with van der Waals surface area (Å²) in [6, 6.07) is -2.45. The summed E-state index contributed by atoms with van der Waals surface area (Å²) in [6.07, 6.45) is 6.47. The molecule has 206 valence electrons. The molecule has 0 aromatic rings. The lowest BCUT2D eigenvalue weighted by molar-refractivity contribution is -0.161. The van der Waals surface area contributed by atoms with Gasteiger partial charge in [0.2, 0.25) is 17.6 Å². The van der Waals surface area contributed by atoms with E-state index in [0.29, 0.717) is 17.8 Å². The van der Waals surface area contributed by atoms with Crippen molar-refractivity contribution in [2.45, 2.75) is 63.5 Å². The van der Waals surface area contributed by atoms with Crippen LogP contribution in [0.4, 0.5) is 0 Å². The van der Waals surface area contributed by atoms with Crippen LogP contribution >= 0.6 is 11.8 Å². The molecule has 0 radical (unpaired) electrons. The number of carboxylic acids is 2. The molecule has 2 atom stereocenters. The van der Waals surface area contributed by atoms with E-state index in [1.807, 2.05) is 0 Å². The molecule has 4 fully saturated rings.